The van der Waals surface area contributed by atoms with Crippen LogP contribution in [0.3, 0.4) is 0 Å². The van der Waals surface area contributed by atoms with Crippen LogP contribution in [0.1, 0.15) is 5.56 Å². The Morgan fingerprint density at radius 1 is 1.08 bits per heavy atom. The molecule has 1 aromatic heterocycles. The van der Waals surface area contributed by atoms with Crippen molar-refractivity contribution in [3.63, 3.8) is 0 Å². The zero-order chi connectivity index (χ0) is 16.9. The van der Waals surface area contributed by atoms with Crippen molar-refractivity contribution in [1.29, 1.82) is 0 Å². The summed E-state index contributed by atoms with van der Waals surface area (Å²) in [6, 6.07) is 15.1. The van der Waals surface area contributed by atoms with E-state index >= 15 is 0 Å². The molecule has 0 bridgehead atoms. The highest BCUT2D eigenvalue weighted by molar-refractivity contribution is 14.0. The summed E-state index contributed by atoms with van der Waals surface area (Å²) < 4.78 is 6.15. The number of carbonyl (C=O) groups is 1. The average molecular weight is 466 g/mol. The van der Waals surface area contributed by atoms with E-state index in [0.717, 1.165) is 27.8 Å². The van der Waals surface area contributed by atoms with Crippen molar-refractivity contribution in [3.05, 3.63) is 60.3 Å². The highest BCUT2D eigenvalue weighted by Gasteiger charge is 2.05. The number of hydrogen-bond donors (Lipinski definition) is 2. The summed E-state index contributed by atoms with van der Waals surface area (Å²) in [5.74, 6) is 0. The van der Waals surface area contributed by atoms with Crippen LogP contribution >= 0.6 is 35.9 Å². The fourth-order valence-electron chi connectivity index (χ4n) is 2.42. The lowest BCUT2D eigenvalue weighted by Crippen LogP contribution is -2.19. The van der Waals surface area contributed by atoms with Gasteiger partial charge >= 0.3 is 6.03 Å². The molecule has 0 saturated heterocycles. The van der Waals surface area contributed by atoms with Crippen LogP contribution < -0.4 is 10.6 Å². The van der Waals surface area contributed by atoms with Gasteiger partial charge in [0.2, 0.25) is 0 Å². The number of fused-ring (bicyclic) bond motifs is 1. The van der Waals surface area contributed by atoms with Crippen LogP contribution in [-0.4, -0.2) is 23.1 Å². The highest BCUT2D eigenvalue weighted by atomic mass is 127. The number of amides is 2. The Kier molecular flexibility index (Phi) is 6.89. The summed E-state index contributed by atoms with van der Waals surface area (Å²) in [5.41, 5.74) is 3.61. The van der Waals surface area contributed by atoms with Crippen molar-refractivity contribution in [1.82, 2.24) is 4.57 Å². The number of aryl methyl sites for hydroxylation is 1. The summed E-state index contributed by atoms with van der Waals surface area (Å²) in [7, 11) is 2.00. The van der Waals surface area contributed by atoms with Gasteiger partial charge in [0.05, 0.1) is 0 Å². The van der Waals surface area contributed by atoms with Crippen LogP contribution in [0.15, 0.2) is 59.1 Å². The van der Waals surface area contributed by atoms with Crippen LogP contribution in [0.4, 0.5) is 16.2 Å². The van der Waals surface area contributed by atoms with Gasteiger partial charge in [0.25, 0.3) is 0 Å². The van der Waals surface area contributed by atoms with E-state index in [0.29, 0.717) is 0 Å². The minimum Gasteiger partial charge on any atom is -0.351 e. The van der Waals surface area contributed by atoms with Crippen molar-refractivity contribution in [2.45, 2.75) is 0 Å². The molecule has 0 aliphatic rings. The van der Waals surface area contributed by atoms with Crippen molar-refractivity contribution >= 4 is 70.4 Å². The van der Waals surface area contributed by atoms with Gasteiger partial charge in [0, 0.05) is 48.0 Å². The lowest BCUT2D eigenvalue weighted by molar-refractivity contribution is 0.262. The van der Waals surface area contributed by atoms with E-state index in [1.807, 2.05) is 72.6 Å². The van der Waals surface area contributed by atoms with E-state index in [4.69, 9.17) is 0 Å². The van der Waals surface area contributed by atoms with Gasteiger partial charge in [-0.15, -0.1) is 24.0 Å². The Hall–Kier alpha value is -2.00. The number of benzene rings is 2. The number of nitrogens with one attached hydrogen (secondary N) is 2. The molecule has 1 heterocycles. The average Bonchev–Trinajstić information content (AvgIpc) is 2.95. The third kappa shape index (κ3) is 4.99. The molecule has 3 rings (SSSR count). The quantitative estimate of drug-likeness (QED) is 0.318. The predicted octanol–water partition coefficient (Wildman–Crippen LogP) is 5.14. The molecule has 130 valence electrons. The number of rotatable bonds is 4. The monoisotopic (exact) mass is 466 g/mol. The Balaban J connectivity index is 0.00000225. The van der Waals surface area contributed by atoms with Gasteiger partial charge in [-0.1, -0.05) is 12.1 Å². The third-order valence-electron chi connectivity index (χ3n) is 3.62. The Morgan fingerprint density at radius 2 is 1.76 bits per heavy atom. The first-order chi connectivity index (χ1) is 11.7. The van der Waals surface area contributed by atoms with E-state index in [1.165, 1.54) is 11.9 Å². The second kappa shape index (κ2) is 8.91. The maximum Gasteiger partial charge on any atom is 0.323 e. The van der Waals surface area contributed by atoms with Crippen molar-refractivity contribution in [3.8, 4) is 0 Å². The van der Waals surface area contributed by atoms with Crippen LogP contribution in [0.25, 0.3) is 10.9 Å². The molecule has 5 nitrogen and oxygen atoms in total. The van der Waals surface area contributed by atoms with E-state index in [1.54, 1.807) is 6.21 Å². The van der Waals surface area contributed by atoms with Gasteiger partial charge in [-0.25, -0.2) is 9.19 Å². The maximum atomic E-state index is 12.1. The minimum atomic E-state index is -0.268. The molecule has 0 spiro atoms. The highest BCUT2D eigenvalue weighted by Crippen LogP contribution is 2.20. The molecular formula is C18H19IN4OS. The van der Waals surface area contributed by atoms with Gasteiger partial charge in [0.15, 0.2) is 0 Å². The zero-order valence-electron chi connectivity index (χ0n) is 13.9. The topological polar surface area (TPSA) is 58.4 Å². The number of anilines is 2. The molecule has 2 aromatic carbocycles. The zero-order valence-corrected chi connectivity index (χ0v) is 17.0. The second-order valence-corrected chi connectivity index (χ2v) is 5.89. The van der Waals surface area contributed by atoms with Crippen LogP contribution in [-0.2, 0) is 7.05 Å². The maximum absolute atomic E-state index is 12.1. The molecule has 25 heavy (non-hydrogen) atoms. The van der Waals surface area contributed by atoms with Crippen LogP contribution in [0, 0.1) is 0 Å². The van der Waals surface area contributed by atoms with Crippen molar-refractivity contribution in [2.75, 3.05) is 16.9 Å². The van der Waals surface area contributed by atoms with Gasteiger partial charge < -0.3 is 15.2 Å². The number of halogens is 1. The molecule has 2 amide bonds. The molecule has 7 heteroatoms. The normalized spacial score (nSPS) is 10.6. The molecule has 0 atom stereocenters. The number of aromatic nitrogens is 1. The molecule has 2 N–H and O–H groups in total. The molecule has 3 aromatic rings. The number of carbonyl (C=O) groups excluding carboxylic acids is 1. The number of hydrogen-bond acceptors (Lipinski definition) is 3. The Labute approximate surface area is 168 Å². The minimum absolute atomic E-state index is 0. The Morgan fingerprint density at radius 3 is 2.48 bits per heavy atom. The lowest BCUT2D eigenvalue weighted by atomic mass is 10.2. The summed E-state index contributed by atoms with van der Waals surface area (Å²) in [4.78, 5) is 12.1. The van der Waals surface area contributed by atoms with E-state index in [9.17, 15) is 4.79 Å². The van der Waals surface area contributed by atoms with Gasteiger partial charge in [-0.05, 0) is 53.9 Å². The molecule has 0 saturated carbocycles. The second-order valence-electron chi connectivity index (χ2n) is 5.32. The van der Waals surface area contributed by atoms with Gasteiger partial charge in [-0.2, -0.15) is 0 Å². The fraction of sp³-hybridized carbons (Fsp3) is 0.111. The molecule has 0 aliphatic carbocycles. The van der Waals surface area contributed by atoms with Crippen molar-refractivity contribution in [2.24, 2.45) is 11.4 Å². The number of urea groups is 1. The SMILES string of the molecule is CSN=Cc1ccc(NC(=O)Nc2ccc3c(ccn3C)c2)cc1.I. The van der Waals surface area contributed by atoms with Gasteiger partial charge in [-0.3, -0.25) is 0 Å². The van der Waals surface area contributed by atoms with E-state index in [-0.39, 0.29) is 30.0 Å². The summed E-state index contributed by atoms with van der Waals surface area (Å²) in [6.07, 6.45) is 5.68. The first-order valence-electron chi connectivity index (χ1n) is 7.45. The van der Waals surface area contributed by atoms with Gasteiger partial charge in [0.1, 0.15) is 0 Å². The summed E-state index contributed by atoms with van der Waals surface area (Å²) in [5, 5.41) is 6.76. The molecule has 0 unspecified atom stereocenters. The summed E-state index contributed by atoms with van der Waals surface area (Å²) in [6.45, 7) is 0. The number of nitrogens with zero attached hydrogens (tertiary/aromatic N) is 2. The standard InChI is InChI=1S/C18H18N4OS.HI/c1-22-10-9-14-11-16(7-8-17(14)22)21-18(23)20-15-5-3-13(4-6-15)12-19-24-2;/h3-12H,1-2H3,(H2,20,21,23);1H. The molecule has 0 aliphatic heterocycles. The fourth-order valence-corrected chi connectivity index (χ4v) is 2.65. The Bertz CT molecular complexity index is 890. The van der Waals surface area contributed by atoms with E-state index in [2.05, 4.69) is 15.0 Å². The third-order valence-corrected chi connectivity index (χ3v) is 3.94. The smallest absolute Gasteiger partial charge is 0.323 e. The molecular weight excluding hydrogens is 447 g/mol. The predicted molar refractivity (Wildman–Crippen MR) is 119 cm³/mol. The van der Waals surface area contributed by atoms with Crippen LogP contribution in [0.5, 0.6) is 0 Å². The lowest BCUT2D eigenvalue weighted by Gasteiger charge is -2.08. The van der Waals surface area contributed by atoms with Crippen molar-refractivity contribution < 1.29 is 4.79 Å². The molecule has 0 fully saturated rings. The first-order valence-corrected chi connectivity index (χ1v) is 8.63. The van der Waals surface area contributed by atoms with Crippen LogP contribution in [0.2, 0.25) is 0 Å². The largest absolute Gasteiger partial charge is 0.351 e. The first kappa shape index (κ1) is 19.3. The molecule has 0 radical (unpaired) electrons. The van der Waals surface area contributed by atoms with E-state index < -0.39 is 0 Å². The summed E-state index contributed by atoms with van der Waals surface area (Å²) >= 11 is 1.40.